The number of nitrogens with two attached hydrogens (primary N) is 1. The first-order valence-electron chi connectivity index (χ1n) is 5.15. The number of aliphatic hydroxyl groups is 1. The first-order chi connectivity index (χ1) is 7.07. The average molecular weight is 209 g/mol. The molecule has 1 rings (SSSR count). The summed E-state index contributed by atoms with van der Waals surface area (Å²) in [6.45, 7) is 4.09. The second-order valence-corrected chi connectivity index (χ2v) is 3.79. The van der Waals surface area contributed by atoms with Crippen molar-refractivity contribution in [1.82, 2.24) is 0 Å². The van der Waals surface area contributed by atoms with E-state index in [0.29, 0.717) is 12.2 Å². The van der Waals surface area contributed by atoms with Crippen LogP contribution in [0.15, 0.2) is 18.2 Å². The molecule has 0 spiro atoms. The van der Waals surface area contributed by atoms with E-state index in [1.807, 2.05) is 32.0 Å². The largest absolute Gasteiger partial charge is 0.496 e. The van der Waals surface area contributed by atoms with E-state index in [1.54, 1.807) is 7.11 Å². The Morgan fingerprint density at radius 1 is 1.47 bits per heavy atom. The maximum absolute atomic E-state index is 10.3. The molecule has 0 aliphatic heterocycles. The van der Waals surface area contributed by atoms with E-state index in [-0.39, 0.29) is 6.54 Å². The molecular weight excluding hydrogens is 190 g/mol. The lowest BCUT2D eigenvalue weighted by molar-refractivity contribution is 0.0393. The van der Waals surface area contributed by atoms with Gasteiger partial charge < -0.3 is 15.6 Å². The molecule has 0 radical (unpaired) electrons. The Hall–Kier alpha value is -1.06. The van der Waals surface area contributed by atoms with Crippen LogP contribution in [0.5, 0.6) is 5.75 Å². The molecule has 1 unspecified atom stereocenters. The van der Waals surface area contributed by atoms with E-state index in [0.717, 1.165) is 11.1 Å². The fourth-order valence-corrected chi connectivity index (χ4v) is 1.63. The molecule has 1 atom stereocenters. The van der Waals surface area contributed by atoms with E-state index in [2.05, 4.69) is 0 Å². The molecule has 0 saturated carbocycles. The minimum atomic E-state index is -0.989. The van der Waals surface area contributed by atoms with Gasteiger partial charge in [0, 0.05) is 12.1 Å². The highest BCUT2D eigenvalue weighted by atomic mass is 16.5. The van der Waals surface area contributed by atoms with Crippen molar-refractivity contribution in [3.63, 3.8) is 0 Å². The summed E-state index contributed by atoms with van der Waals surface area (Å²) in [7, 11) is 1.60. The highest BCUT2D eigenvalue weighted by molar-refractivity contribution is 5.41. The Kier molecular flexibility index (Phi) is 3.72. The lowest BCUT2D eigenvalue weighted by Crippen LogP contribution is -2.34. The molecule has 0 bridgehead atoms. The third kappa shape index (κ3) is 2.30. The van der Waals surface area contributed by atoms with Crippen molar-refractivity contribution >= 4 is 0 Å². The molecule has 0 heterocycles. The molecular formula is C12H19NO2. The lowest BCUT2D eigenvalue weighted by atomic mass is 9.89. The molecule has 0 saturated heterocycles. The highest BCUT2D eigenvalue weighted by Crippen LogP contribution is 2.32. The van der Waals surface area contributed by atoms with Gasteiger partial charge in [0.15, 0.2) is 0 Å². The topological polar surface area (TPSA) is 55.5 Å². The molecule has 84 valence electrons. The van der Waals surface area contributed by atoms with Gasteiger partial charge in [-0.3, -0.25) is 0 Å². The standard InChI is InChI=1S/C12H19NO2/c1-4-12(14,8-13)10-7-9(2)5-6-11(10)15-3/h5-7,14H,4,8,13H2,1-3H3. The Morgan fingerprint density at radius 2 is 2.13 bits per heavy atom. The quantitative estimate of drug-likeness (QED) is 0.791. The average Bonchev–Trinajstić information content (AvgIpc) is 2.28. The van der Waals surface area contributed by atoms with Crippen molar-refractivity contribution in [2.45, 2.75) is 25.9 Å². The lowest BCUT2D eigenvalue weighted by Gasteiger charge is -2.27. The first kappa shape index (κ1) is 12.0. The Labute approximate surface area is 90.9 Å². The maximum atomic E-state index is 10.3. The van der Waals surface area contributed by atoms with Gasteiger partial charge in [-0.05, 0) is 25.5 Å². The van der Waals surface area contributed by atoms with Crippen LogP contribution >= 0.6 is 0 Å². The molecule has 3 nitrogen and oxygen atoms in total. The van der Waals surface area contributed by atoms with Crippen LogP contribution in [0, 0.1) is 6.92 Å². The van der Waals surface area contributed by atoms with Crippen molar-refractivity contribution < 1.29 is 9.84 Å². The predicted octanol–water partition coefficient (Wildman–Crippen LogP) is 1.56. The van der Waals surface area contributed by atoms with Gasteiger partial charge in [0.1, 0.15) is 11.4 Å². The van der Waals surface area contributed by atoms with Gasteiger partial charge in [0.25, 0.3) is 0 Å². The van der Waals surface area contributed by atoms with Gasteiger partial charge >= 0.3 is 0 Å². The molecule has 0 aliphatic carbocycles. The number of hydrogen-bond acceptors (Lipinski definition) is 3. The van der Waals surface area contributed by atoms with Crippen LogP contribution in [0.2, 0.25) is 0 Å². The molecule has 1 aromatic carbocycles. The number of rotatable bonds is 4. The van der Waals surface area contributed by atoms with E-state index < -0.39 is 5.60 Å². The third-order valence-corrected chi connectivity index (χ3v) is 2.78. The van der Waals surface area contributed by atoms with E-state index in [1.165, 1.54) is 0 Å². The SMILES string of the molecule is CCC(O)(CN)c1cc(C)ccc1OC. The van der Waals surface area contributed by atoms with Gasteiger partial charge in [-0.25, -0.2) is 0 Å². The predicted molar refractivity (Wildman–Crippen MR) is 61.0 cm³/mol. The van der Waals surface area contributed by atoms with Gasteiger partial charge in [0.05, 0.1) is 7.11 Å². The van der Waals surface area contributed by atoms with E-state index in [4.69, 9.17) is 10.5 Å². The second kappa shape index (κ2) is 4.64. The van der Waals surface area contributed by atoms with Crippen LogP contribution in [-0.4, -0.2) is 18.8 Å². The summed E-state index contributed by atoms with van der Waals surface area (Å²) >= 11 is 0. The van der Waals surface area contributed by atoms with Crippen molar-refractivity contribution in [2.24, 2.45) is 5.73 Å². The third-order valence-electron chi connectivity index (χ3n) is 2.78. The monoisotopic (exact) mass is 209 g/mol. The summed E-state index contributed by atoms with van der Waals surface area (Å²) in [5, 5.41) is 10.3. The minimum Gasteiger partial charge on any atom is -0.496 e. The van der Waals surface area contributed by atoms with Gasteiger partial charge in [-0.15, -0.1) is 0 Å². The minimum absolute atomic E-state index is 0.198. The van der Waals surface area contributed by atoms with E-state index >= 15 is 0 Å². The van der Waals surface area contributed by atoms with Crippen LogP contribution in [0.25, 0.3) is 0 Å². The summed E-state index contributed by atoms with van der Waals surface area (Å²) in [4.78, 5) is 0. The molecule has 0 fully saturated rings. The maximum Gasteiger partial charge on any atom is 0.125 e. The Balaban J connectivity index is 3.26. The first-order valence-corrected chi connectivity index (χ1v) is 5.15. The van der Waals surface area contributed by atoms with Crippen molar-refractivity contribution in [1.29, 1.82) is 0 Å². The summed E-state index contributed by atoms with van der Waals surface area (Å²) in [6, 6.07) is 5.74. The number of aryl methyl sites for hydroxylation is 1. The molecule has 0 aliphatic rings. The van der Waals surface area contributed by atoms with E-state index in [9.17, 15) is 5.11 Å². The smallest absolute Gasteiger partial charge is 0.125 e. The zero-order valence-corrected chi connectivity index (χ0v) is 9.58. The van der Waals surface area contributed by atoms with Gasteiger partial charge in [-0.2, -0.15) is 0 Å². The molecule has 1 aromatic rings. The normalized spacial score (nSPS) is 14.7. The zero-order chi connectivity index (χ0) is 11.5. The fraction of sp³-hybridized carbons (Fsp3) is 0.500. The second-order valence-electron chi connectivity index (χ2n) is 3.79. The number of methoxy groups -OCH3 is 1. The summed E-state index contributed by atoms with van der Waals surface area (Å²) in [6.07, 6.45) is 0.573. The molecule has 3 N–H and O–H groups in total. The van der Waals surface area contributed by atoms with Crippen LogP contribution < -0.4 is 10.5 Å². The molecule has 15 heavy (non-hydrogen) atoms. The Morgan fingerprint density at radius 3 is 2.60 bits per heavy atom. The van der Waals surface area contributed by atoms with Crippen molar-refractivity contribution in [3.8, 4) is 5.75 Å². The van der Waals surface area contributed by atoms with Crippen LogP contribution in [0.4, 0.5) is 0 Å². The number of benzene rings is 1. The van der Waals surface area contributed by atoms with Crippen LogP contribution in [-0.2, 0) is 5.60 Å². The van der Waals surface area contributed by atoms with Crippen LogP contribution in [0.1, 0.15) is 24.5 Å². The Bertz CT molecular complexity index is 332. The van der Waals surface area contributed by atoms with Gasteiger partial charge in [0.2, 0.25) is 0 Å². The van der Waals surface area contributed by atoms with Crippen molar-refractivity contribution in [3.05, 3.63) is 29.3 Å². The summed E-state index contributed by atoms with van der Waals surface area (Å²) in [5.41, 5.74) is 6.49. The molecule has 0 aromatic heterocycles. The number of hydrogen-bond donors (Lipinski definition) is 2. The highest BCUT2D eigenvalue weighted by Gasteiger charge is 2.28. The summed E-state index contributed by atoms with van der Waals surface area (Å²) < 4.78 is 5.23. The van der Waals surface area contributed by atoms with Gasteiger partial charge in [-0.1, -0.05) is 18.6 Å². The number of ether oxygens (including phenoxy) is 1. The molecule has 0 amide bonds. The summed E-state index contributed by atoms with van der Waals surface area (Å²) in [5.74, 6) is 0.690. The van der Waals surface area contributed by atoms with Crippen LogP contribution in [0.3, 0.4) is 0 Å². The zero-order valence-electron chi connectivity index (χ0n) is 9.58. The molecule has 3 heteroatoms. The van der Waals surface area contributed by atoms with Crippen molar-refractivity contribution in [2.75, 3.05) is 13.7 Å². The fourth-order valence-electron chi connectivity index (χ4n) is 1.63.